The van der Waals surface area contributed by atoms with Crippen LogP contribution in [0.25, 0.3) is 0 Å². The molecule has 2 heteroatoms. The van der Waals surface area contributed by atoms with Gasteiger partial charge in [-0.3, -0.25) is 0 Å². The van der Waals surface area contributed by atoms with E-state index in [2.05, 4.69) is 62.4 Å². The summed E-state index contributed by atoms with van der Waals surface area (Å²) in [5.41, 5.74) is 3.15. The highest BCUT2D eigenvalue weighted by Gasteiger charge is 2.34. The van der Waals surface area contributed by atoms with Gasteiger partial charge in [-0.15, -0.1) is 0 Å². The summed E-state index contributed by atoms with van der Waals surface area (Å²) in [6.07, 6.45) is 2.37. The summed E-state index contributed by atoms with van der Waals surface area (Å²) in [5, 5.41) is 3.55. The minimum Gasteiger partial charge on any atom is -0.313 e. The molecule has 1 saturated heterocycles. The Bertz CT molecular complexity index is 383. The predicted molar refractivity (Wildman–Crippen MR) is 78.1 cm³/mol. The van der Waals surface area contributed by atoms with Crippen LogP contribution in [0.15, 0.2) is 24.3 Å². The van der Waals surface area contributed by atoms with E-state index in [9.17, 15) is 0 Å². The molecular formula is C16H26N2. The zero-order chi connectivity index (χ0) is 13.2. The van der Waals surface area contributed by atoms with Gasteiger partial charge in [0.2, 0.25) is 0 Å². The number of benzene rings is 1. The zero-order valence-corrected chi connectivity index (χ0v) is 12.2. The first-order valence-corrected chi connectivity index (χ1v) is 7.01. The van der Waals surface area contributed by atoms with Gasteiger partial charge in [0.05, 0.1) is 0 Å². The first-order valence-electron chi connectivity index (χ1n) is 7.01. The van der Waals surface area contributed by atoms with E-state index < -0.39 is 0 Å². The van der Waals surface area contributed by atoms with Crippen molar-refractivity contribution in [1.82, 2.24) is 10.2 Å². The Morgan fingerprint density at radius 3 is 2.39 bits per heavy atom. The van der Waals surface area contributed by atoms with E-state index in [4.69, 9.17) is 0 Å². The van der Waals surface area contributed by atoms with E-state index >= 15 is 0 Å². The van der Waals surface area contributed by atoms with Crippen molar-refractivity contribution in [3.05, 3.63) is 35.4 Å². The second-order valence-electron chi connectivity index (χ2n) is 6.09. The van der Waals surface area contributed by atoms with Crippen molar-refractivity contribution in [2.24, 2.45) is 0 Å². The van der Waals surface area contributed by atoms with Crippen molar-refractivity contribution >= 4 is 0 Å². The lowest BCUT2D eigenvalue weighted by atomic mass is 9.89. The molecule has 0 spiro atoms. The van der Waals surface area contributed by atoms with Gasteiger partial charge in [0.15, 0.2) is 0 Å². The highest BCUT2D eigenvalue weighted by atomic mass is 15.2. The topological polar surface area (TPSA) is 15.3 Å². The van der Waals surface area contributed by atoms with E-state index in [-0.39, 0.29) is 5.54 Å². The van der Waals surface area contributed by atoms with Crippen LogP contribution in [0, 0.1) is 0 Å². The van der Waals surface area contributed by atoms with Gasteiger partial charge in [0.1, 0.15) is 0 Å². The normalized spacial score (nSPS) is 24.9. The maximum absolute atomic E-state index is 3.55. The number of likely N-dealkylation sites (tertiary alicyclic amines) is 1. The van der Waals surface area contributed by atoms with E-state index in [1.807, 2.05) is 0 Å². The van der Waals surface area contributed by atoms with E-state index in [1.165, 1.54) is 24.1 Å². The van der Waals surface area contributed by atoms with E-state index in [0.29, 0.717) is 5.92 Å². The molecule has 1 fully saturated rings. The summed E-state index contributed by atoms with van der Waals surface area (Å²) in [6, 6.07) is 9.16. The number of hydrogen-bond acceptors (Lipinski definition) is 2. The van der Waals surface area contributed by atoms with Crippen LogP contribution in [0.3, 0.4) is 0 Å². The molecule has 0 aromatic heterocycles. The molecule has 0 amide bonds. The molecule has 18 heavy (non-hydrogen) atoms. The van der Waals surface area contributed by atoms with Crippen molar-refractivity contribution in [2.45, 2.75) is 38.1 Å². The minimum absolute atomic E-state index is 0.272. The Kier molecular flexibility index (Phi) is 4.08. The lowest BCUT2D eigenvalue weighted by molar-refractivity contribution is 0.326. The third-order valence-electron chi connectivity index (χ3n) is 4.26. The van der Waals surface area contributed by atoms with Gasteiger partial charge in [-0.05, 0) is 50.5 Å². The highest BCUT2D eigenvalue weighted by Crippen LogP contribution is 2.25. The van der Waals surface area contributed by atoms with Crippen LogP contribution in [0.5, 0.6) is 0 Å². The largest absolute Gasteiger partial charge is 0.313 e. The van der Waals surface area contributed by atoms with Crippen molar-refractivity contribution in [1.29, 1.82) is 0 Å². The molecule has 1 unspecified atom stereocenters. The summed E-state index contributed by atoms with van der Waals surface area (Å²) in [5.74, 6) is 0.620. The molecule has 0 bridgehead atoms. The van der Waals surface area contributed by atoms with Crippen LogP contribution in [-0.4, -0.2) is 37.6 Å². The molecule has 2 nitrogen and oxygen atoms in total. The molecule has 100 valence electrons. The van der Waals surface area contributed by atoms with Gasteiger partial charge in [-0.2, -0.15) is 0 Å². The molecule has 1 N–H and O–H groups in total. The third kappa shape index (κ3) is 2.93. The number of nitrogens with one attached hydrogen (secondary N) is 1. The van der Waals surface area contributed by atoms with Crippen LogP contribution in [0.2, 0.25) is 0 Å². The molecule has 0 aliphatic carbocycles. The standard InChI is InChI=1S/C16H26N2/c1-13(2)15-7-5-14(6-8-15)11-16(17-3)9-10-18(4)12-16/h5-8,13,17H,9-12H2,1-4H3. The van der Waals surface area contributed by atoms with E-state index in [1.54, 1.807) is 0 Å². The Balaban J connectivity index is 2.08. The summed E-state index contributed by atoms with van der Waals surface area (Å²) >= 11 is 0. The Morgan fingerprint density at radius 1 is 1.28 bits per heavy atom. The fourth-order valence-electron chi connectivity index (χ4n) is 2.93. The van der Waals surface area contributed by atoms with Crippen LogP contribution < -0.4 is 5.32 Å². The Labute approximate surface area is 111 Å². The number of hydrogen-bond donors (Lipinski definition) is 1. The number of rotatable bonds is 4. The lowest BCUT2D eigenvalue weighted by Gasteiger charge is -2.29. The molecule has 2 rings (SSSR count). The predicted octanol–water partition coefficient (Wildman–Crippen LogP) is 2.65. The van der Waals surface area contributed by atoms with Gasteiger partial charge >= 0.3 is 0 Å². The quantitative estimate of drug-likeness (QED) is 0.878. The monoisotopic (exact) mass is 246 g/mol. The molecule has 0 radical (unpaired) electrons. The average Bonchev–Trinajstić information content (AvgIpc) is 2.72. The van der Waals surface area contributed by atoms with Crippen LogP contribution in [0.4, 0.5) is 0 Å². The summed E-state index contributed by atoms with van der Waals surface area (Å²) in [4.78, 5) is 2.42. The molecule has 1 aliphatic rings. The van der Waals surface area contributed by atoms with Crippen molar-refractivity contribution in [3.63, 3.8) is 0 Å². The van der Waals surface area contributed by atoms with Crippen LogP contribution in [0.1, 0.15) is 37.3 Å². The molecule has 1 heterocycles. The molecule has 1 aromatic carbocycles. The number of likely N-dealkylation sites (N-methyl/N-ethyl adjacent to an activating group) is 2. The van der Waals surface area contributed by atoms with Gasteiger partial charge < -0.3 is 10.2 Å². The fourth-order valence-corrected chi connectivity index (χ4v) is 2.93. The summed E-state index contributed by atoms with van der Waals surface area (Å²) in [6.45, 7) is 6.84. The third-order valence-corrected chi connectivity index (χ3v) is 4.26. The molecule has 1 atom stereocenters. The molecule has 1 aliphatic heterocycles. The minimum atomic E-state index is 0.272. The molecule has 1 aromatic rings. The fraction of sp³-hybridized carbons (Fsp3) is 0.625. The average molecular weight is 246 g/mol. The zero-order valence-electron chi connectivity index (χ0n) is 12.2. The van der Waals surface area contributed by atoms with Crippen molar-refractivity contribution in [3.8, 4) is 0 Å². The van der Waals surface area contributed by atoms with Gasteiger partial charge in [-0.1, -0.05) is 38.1 Å². The van der Waals surface area contributed by atoms with Gasteiger partial charge in [-0.25, -0.2) is 0 Å². The molecule has 0 saturated carbocycles. The van der Waals surface area contributed by atoms with E-state index in [0.717, 1.165) is 13.0 Å². The van der Waals surface area contributed by atoms with Crippen molar-refractivity contribution < 1.29 is 0 Å². The SMILES string of the molecule is CNC1(Cc2ccc(C(C)C)cc2)CCN(C)C1. The first kappa shape index (κ1) is 13.6. The summed E-state index contributed by atoms with van der Waals surface area (Å²) < 4.78 is 0. The van der Waals surface area contributed by atoms with Crippen LogP contribution in [-0.2, 0) is 6.42 Å². The second kappa shape index (κ2) is 5.41. The van der Waals surface area contributed by atoms with Gasteiger partial charge in [0, 0.05) is 12.1 Å². The van der Waals surface area contributed by atoms with Crippen molar-refractivity contribution in [2.75, 3.05) is 27.2 Å². The van der Waals surface area contributed by atoms with Crippen LogP contribution >= 0.6 is 0 Å². The smallest absolute Gasteiger partial charge is 0.0358 e. The maximum atomic E-state index is 3.55. The summed E-state index contributed by atoms with van der Waals surface area (Å²) in [7, 11) is 4.31. The maximum Gasteiger partial charge on any atom is 0.0358 e. The lowest BCUT2D eigenvalue weighted by Crippen LogP contribution is -2.47. The highest BCUT2D eigenvalue weighted by molar-refractivity contribution is 5.26. The first-order chi connectivity index (χ1) is 8.54. The second-order valence-corrected chi connectivity index (χ2v) is 6.09. The Morgan fingerprint density at radius 2 is 1.94 bits per heavy atom. The number of nitrogens with zero attached hydrogens (tertiary/aromatic N) is 1. The van der Waals surface area contributed by atoms with Gasteiger partial charge in [0.25, 0.3) is 0 Å². The molecular weight excluding hydrogens is 220 g/mol. The Hall–Kier alpha value is -0.860.